The van der Waals surface area contributed by atoms with E-state index in [1.807, 2.05) is 0 Å². The van der Waals surface area contributed by atoms with Gasteiger partial charge in [-0.2, -0.15) is 0 Å². The second-order valence-electron chi connectivity index (χ2n) is 3.28. The lowest BCUT2D eigenvalue weighted by molar-refractivity contribution is 0.404. The van der Waals surface area contributed by atoms with Gasteiger partial charge in [-0.05, 0) is 30.0 Å². The number of phenolic OH excluding ortho intramolecular Hbond substituents is 2. The topological polar surface area (TPSA) is 66.5 Å². The predicted molar refractivity (Wildman–Crippen MR) is 62.0 cm³/mol. The Hall–Kier alpha value is -1.90. The number of rotatable bonds is 4. The standard InChI is InChI=1S/C12H15NO2/c1-3-5-8-7-10(14)12(15)11(13)9(8)6-4-2/h3-4,7,14-15H,1-2,5-6,13H2. The third kappa shape index (κ3) is 2.13. The Bertz CT molecular complexity index is 397. The van der Waals surface area contributed by atoms with Crippen molar-refractivity contribution in [1.29, 1.82) is 0 Å². The van der Waals surface area contributed by atoms with E-state index in [9.17, 15) is 10.2 Å². The highest BCUT2D eigenvalue weighted by Gasteiger charge is 2.12. The van der Waals surface area contributed by atoms with Crippen molar-refractivity contribution in [2.45, 2.75) is 12.8 Å². The molecular formula is C12H15NO2. The molecule has 1 aromatic rings. The van der Waals surface area contributed by atoms with Crippen LogP contribution in [0.4, 0.5) is 5.69 Å². The number of anilines is 1. The number of benzene rings is 1. The lowest BCUT2D eigenvalue weighted by Gasteiger charge is -2.12. The lowest BCUT2D eigenvalue weighted by atomic mass is 9.98. The first-order valence-electron chi connectivity index (χ1n) is 4.65. The smallest absolute Gasteiger partial charge is 0.181 e. The normalized spacial score (nSPS) is 9.87. The van der Waals surface area contributed by atoms with Crippen LogP contribution in [0.3, 0.4) is 0 Å². The second-order valence-corrected chi connectivity index (χ2v) is 3.28. The fourth-order valence-corrected chi connectivity index (χ4v) is 1.50. The first-order chi connectivity index (χ1) is 7.11. The maximum Gasteiger partial charge on any atom is 0.181 e. The van der Waals surface area contributed by atoms with E-state index in [0.29, 0.717) is 12.8 Å². The van der Waals surface area contributed by atoms with E-state index in [1.165, 1.54) is 6.07 Å². The Labute approximate surface area is 89.2 Å². The second kappa shape index (κ2) is 4.55. The van der Waals surface area contributed by atoms with Crippen LogP contribution in [-0.2, 0) is 12.8 Å². The van der Waals surface area contributed by atoms with Crippen molar-refractivity contribution in [2.75, 3.05) is 5.73 Å². The molecular weight excluding hydrogens is 190 g/mol. The van der Waals surface area contributed by atoms with E-state index in [-0.39, 0.29) is 17.2 Å². The van der Waals surface area contributed by atoms with Crippen LogP contribution in [0.5, 0.6) is 11.5 Å². The van der Waals surface area contributed by atoms with Gasteiger partial charge in [-0.15, -0.1) is 13.2 Å². The molecule has 3 heteroatoms. The number of allylic oxidation sites excluding steroid dienone is 2. The molecule has 0 saturated heterocycles. The molecule has 0 bridgehead atoms. The summed E-state index contributed by atoms with van der Waals surface area (Å²) in [6.07, 6.45) is 4.58. The van der Waals surface area contributed by atoms with Crippen molar-refractivity contribution in [3.63, 3.8) is 0 Å². The molecule has 15 heavy (non-hydrogen) atoms. The summed E-state index contributed by atoms with van der Waals surface area (Å²) in [5.74, 6) is -0.461. The Balaban J connectivity index is 3.35. The summed E-state index contributed by atoms with van der Waals surface area (Å²) < 4.78 is 0. The number of hydrogen-bond donors (Lipinski definition) is 3. The summed E-state index contributed by atoms with van der Waals surface area (Å²) in [5.41, 5.74) is 7.57. The number of nitrogens with two attached hydrogens (primary N) is 1. The molecule has 0 atom stereocenters. The summed E-state index contributed by atoms with van der Waals surface area (Å²) in [6.45, 7) is 7.25. The highest BCUT2D eigenvalue weighted by molar-refractivity contribution is 5.67. The van der Waals surface area contributed by atoms with Gasteiger partial charge in [-0.25, -0.2) is 0 Å². The molecule has 0 aliphatic carbocycles. The van der Waals surface area contributed by atoms with E-state index in [0.717, 1.165) is 11.1 Å². The fourth-order valence-electron chi connectivity index (χ4n) is 1.50. The average molecular weight is 205 g/mol. The molecule has 0 amide bonds. The summed E-state index contributed by atoms with van der Waals surface area (Å²) in [7, 11) is 0. The molecule has 3 nitrogen and oxygen atoms in total. The maximum absolute atomic E-state index is 9.47. The predicted octanol–water partition coefficient (Wildman–Crippen LogP) is 2.14. The molecule has 0 aliphatic heterocycles. The summed E-state index contributed by atoms with van der Waals surface area (Å²) in [6, 6.07) is 1.51. The highest BCUT2D eigenvalue weighted by atomic mass is 16.3. The van der Waals surface area contributed by atoms with Crippen LogP contribution in [0.25, 0.3) is 0 Å². The first kappa shape index (κ1) is 11.2. The van der Waals surface area contributed by atoms with Gasteiger partial charge in [0.05, 0.1) is 5.69 Å². The molecule has 1 rings (SSSR count). The zero-order valence-electron chi connectivity index (χ0n) is 8.53. The van der Waals surface area contributed by atoms with Gasteiger partial charge in [0.15, 0.2) is 11.5 Å². The average Bonchev–Trinajstić information content (AvgIpc) is 2.21. The van der Waals surface area contributed by atoms with Crippen molar-refractivity contribution in [2.24, 2.45) is 0 Å². The Morgan fingerprint density at radius 1 is 1.20 bits per heavy atom. The summed E-state index contributed by atoms with van der Waals surface area (Å²) >= 11 is 0. The van der Waals surface area contributed by atoms with Crippen LogP contribution >= 0.6 is 0 Å². The number of phenols is 2. The van der Waals surface area contributed by atoms with Crippen LogP contribution < -0.4 is 5.73 Å². The third-order valence-electron chi connectivity index (χ3n) is 2.23. The number of nitrogen functional groups attached to an aromatic ring is 1. The minimum Gasteiger partial charge on any atom is -0.504 e. The van der Waals surface area contributed by atoms with Crippen LogP contribution in [0.1, 0.15) is 11.1 Å². The molecule has 0 fully saturated rings. The molecule has 0 aromatic heterocycles. The molecule has 1 aromatic carbocycles. The molecule has 0 saturated carbocycles. The molecule has 0 aliphatic rings. The van der Waals surface area contributed by atoms with Gasteiger partial charge in [0, 0.05) is 0 Å². The zero-order chi connectivity index (χ0) is 11.4. The van der Waals surface area contributed by atoms with E-state index in [4.69, 9.17) is 5.73 Å². The van der Waals surface area contributed by atoms with Crippen LogP contribution in [0.2, 0.25) is 0 Å². The Morgan fingerprint density at radius 3 is 2.33 bits per heavy atom. The minimum atomic E-state index is -0.264. The molecule has 80 valence electrons. The van der Waals surface area contributed by atoms with Crippen LogP contribution in [0.15, 0.2) is 31.4 Å². The minimum absolute atomic E-state index is 0.197. The quantitative estimate of drug-likeness (QED) is 0.401. The number of aromatic hydroxyl groups is 2. The largest absolute Gasteiger partial charge is 0.504 e. The maximum atomic E-state index is 9.47. The van der Waals surface area contributed by atoms with Crippen LogP contribution in [0, 0.1) is 0 Å². The highest BCUT2D eigenvalue weighted by Crippen LogP contribution is 2.37. The van der Waals surface area contributed by atoms with Crippen molar-refractivity contribution >= 4 is 5.69 Å². The number of hydrogen-bond acceptors (Lipinski definition) is 3. The Kier molecular flexibility index (Phi) is 3.39. The Morgan fingerprint density at radius 2 is 1.80 bits per heavy atom. The van der Waals surface area contributed by atoms with E-state index in [1.54, 1.807) is 12.2 Å². The van der Waals surface area contributed by atoms with Crippen LogP contribution in [-0.4, -0.2) is 10.2 Å². The first-order valence-corrected chi connectivity index (χ1v) is 4.65. The van der Waals surface area contributed by atoms with E-state index < -0.39 is 0 Å². The summed E-state index contributed by atoms with van der Waals surface area (Å²) in [5, 5.41) is 18.9. The monoisotopic (exact) mass is 205 g/mol. The van der Waals surface area contributed by atoms with Crippen molar-refractivity contribution < 1.29 is 10.2 Å². The SMILES string of the molecule is C=CCc1cc(O)c(O)c(N)c1CC=C. The fraction of sp³-hybridized carbons (Fsp3) is 0.167. The van der Waals surface area contributed by atoms with E-state index in [2.05, 4.69) is 13.2 Å². The van der Waals surface area contributed by atoms with E-state index >= 15 is 0 Å². The molecule has 0 radical (unpaired) electrons. The van der Waals surface area contributed by atoms with Gasteiger partial charge >= 0.3 is 0 Å². The van der Waals surface area contributed by atoms with Gasteiger partial charge in [0.1, 0.15) is 0 Å². The van der Waals surface area contributed by atoms with Crippen molar-refractivity contribution in [1.82, 2.24) is 0 Å². The molecule has 0 heterocycles. The molecule has 0 spiro atoms. The van der Waals surface area contributed by atoms with Gasteiger partial charge in [-0.3, -0.25) is 0 Å². The van der Waals surface area contributed by atoms with Crippen molar-refractivity contribution in [3.8, 4) is 11.5 Å². The summed E-state index contributed by atoms with van der Waals surface area (Å²) in [4.78, 5) is 0. The van der Waals surface area contributed by atoms with Crippen molar-refractivity contribution in [3.05, 3.63) is 42.5 Å². The molecule has 0 unspecified atom stereocenters. The van der Waals surface area contributed by atoms with Gasteiger partial charge in [-0.1, -0.05) is 12.2 Å². The van der Waals surface area contributed by atoms with Gasteiger partial charge in [0.2, 0.25) is 0 Å². The zero-order valence-corrected chi connectivity index (χ0v) is 8.53. The lowest BCUT2D eigenvalue weighted by Crippen LogP contribution is -1.99. The van der Waals surface area contributed by atoms with Gasteiger partial charge in [0.25, 0.3) is 0 Å². The molecule has 4 N–H and O–H groups in total. The van der Waals surface area contributed by atoms with Gasteiger partial charge < -0.3 is 15.9 Å². The third-order valence-corrected chi connectivity index (χ3v) is 2.23.